The molecule has 2 nitrogen and oxygen atoms in total. The van der Waals surface area contributed by atoms with Crippen molar-refractivity contribution >= 4 is 21.5 Å². The molecule has 5 aromatic carbocycles. The Balaban J connectivity index is 1.99. The topological polar surface area (TPSA) is 40.5 Å². The molecule has 0 atom stereocenters. The molecule has 2 heteroatoms. The fourth-order valence-corrected chi connectivity index (χ4v) is 6.59. The summed E-state index contributed by atoms with van der Waals surface area (Å²) in [5.41, 5.74) is 7.51. The molecule has 0 aliphatic rings. The lowest BCUT2D eigenvalue weighted by Gasteiger charge is -2.30. The van der Waals surface area contributed by atoms with E-state index >= 15 is 0 Å². The minimum atomic E-state index is -0.232. The Hall–Kier alpha value is -3.78. The average molecular weight is 587 g/mol. The molecule has 0 aliphatic heterocycles. The zero-order chi connectivity index (χ0) is 32.6. The van der Waals surface area contributed by atoms with Crippen LogP contribution in [0.3, 0.4) is 0 Å². The maximum absolute atomic E-state index is 11.5. The van der Waals surface area contributed by atoms with Gasteiger partial charge in [0.1, 0.15) is 11.5 Å². The number of phenolic OH excluding ortho intramolecular Hbond substituents is 2. The van der Waals surface area contributed by atoms with Crippen molar-refractivity contribution in [1.82, 2.24) is 0 Å². The van der Waals surface area contributed by atoms with Crippen molar-refractivity contribution in [2.45, 2.75) is 105 Å². The second-order valence-electron chi connectivity index (χ2n) is 16.7. The predicted molar refractivity (Wildman–Crippen MR) is 190 cm³/mol. The summed E-state index contributed by atoms with van der Waals surface area (Å²) in [7, 11) is 0. The van der Waals surface area contributed by atoms with Gasteiger partial charge < -0.3 is 10.2 Å². The van der Waals surface area contributed by atoms with Crippen molar-refractivity contribution in [2.75, 3.05) is 0 Å². The first-order chi connectivity index (χ1) is 20.2. The van der Waals surface area contributed by atoms with Gasteiger partial charge in [0.05, 0.1) is 0 Å². The van der Waals surface area contributed by atoms with E-state index < -0.39 is 0 Å². The molecule has 0 aliphatic carbocycles. The Morgan fingerprint density at radius 3 is 0.750 bits per heavy atom. The van der Waals surface area contributed by atoms with Crippen LogP contribution in [0.15, 0.2) is 72.8 Å². The highest BCUT2D eigenvalue weighted by atomic mass is 16.3. The molecule has 0 fully saturated rings. The zero-order valence-corrected chi connectivity index (χ0v) is 28.8. The molecule has 0 saturated heterocycles. The lowest BCUT2D eigenvalue weighted by Crippen LogP contribution is -2.17. The van der Waals surface area contributed by atoms with E-state index in [4.69, 9.17) is 0 Å². The molecular weight excluding hydrogens is 536 g/mol. The Kier molecular flexibility index (Phi) is 7.48. The summed E-state index contributed by atoms with van der Waals surface area (Å²) in [6.07, 6.45) is 0. The van der Waals surface area contributed by atoms with Gasteiger partial charge in [0.2, 0.25) is 0 Å². The van der Waals surface area contributed by atoms with Crippen LogP contribution in [0.1, 0.15) is 105 Å². The Bertz CT molecular complexity index is 1630. The molecule has 2 N–H and O–H groups in total. The Morgan fingerprint density at radius 1 is 0.364 bits per heavy atom. The van der Waals surface area contributed by atoms with Crippen molar-refractivity contribution in [3.63, 3.8) is 0 Å². The first kappa shape index (κ1) is 31.6. The number of hydrogen-bond acceptors (Lipinski definition) is 2. The molecule has 0 radical (unpaired) electrons. The molecule has 44 heavy (non-hydrogen) atoms. The summed E-state index contributed by atoms with van der Waals surface area (Å²) in [6, 6.07) is 26.2. The van der Waals surface area contributed by atoms with E-state index in [0.29, 0.717) is 11.5 Å². The third-order valence-electron chi connectivity index (χ3n) is 8.96. The van der Waals surface area contributed by atoms with E-state index in [9.17, 15) is 10.2 Å². The summed E-state index contributed by atoms with van der Waals surface area (Å²) >= 11 is 0. The van der Waals surface area contributed by atoms with Crippen molar-refractivity contribution in [1.29, 1.82) is 0 Å². The van der Waals surface area contributed by atoms with Gasteiger partial charge in [0.25, 0.3) is 0 Å². The van der Waals surface area contributed by atoms with Crippen LogP contribution in [0.2, 0.25) is 0 Å². The fraction of sp³-hybridized carbons (Fsp3) is 0.381. The van der Waals surface area contributed by atoms with Gasteiger partial charge in [0, 0.05) is 22.3 Å². The summed E-state index contributed by atoms with van der Waals surface area (Å²) in [5, 5.41) is 27.8. The van der Waals surface area contributed by atoms with E-state index in [1.54, 1.807) is 0 Å². The van der Waals surface area contributed by atoms with Crippen molar-refractivity contribution in [3.05, 3.63) is 95.1 Å². The smallest absolute Gasteiger partial charge is 0.123 e. The normalized spacial score (nSPS) is 13.2. The van der Waals surface area contributed by atoms with E-state index in [0.717, 1.165) is 33.4 Å². The van der Waals surface area contributed by atoms with Gasteiger partial charge >= 0.3 is 0 Å². The number of aromatic hydroxyl groups is 2. The first-order valence-electron chi connectivity index (χ1n) is 15.9. The molecule has 0 amide bonds. The van der Waals surface area contributed by atoms with Crippen LogP contribution in [0, 0.1) is 0 Å². The Labute approximate surface area is 264 Å². The van der Waals surface area contributed by atoms with Crippen LogP contribution >= 0.6 is 0 Å². The van der Waals surface area contributed by atoms with Crippen LogP contribution in [0.5, 0.6) is 11.5 Å². The second kappa shape index (κ2) is 10.4. The van der Waals surface area contributed by atoms with Crippen molar-refractivity contribution < 1.29 is 10.2 Å². The molecule has 0 saturated carbocycles. The van der Waals surface area contributed by atoms with Crippen LogP contribution in [0.25, 0.3) is 43.8 Å². The minimum absolute atomic E-state index is 0.232. The predicted octanol–water partition coefficient (Wildman–Crippen LogP) is 11.9. The third-order valence-corrected chi connectivity index (χ3v) is 8.96. The highest BCUT2D eigenvalue weighted by Gasteiger charge is 2.30. The van der Waals surface area contributed by atoms with Crippen LogP contribution in [0.4, 0.5) is 0 Å². The van der Waals surface area contributed by atoms with Gasteiger partial charge in [0.15, 0.2) is 0 Å². The van der Waals surface area contributed by atoms with Crippen molar-refractivity contribution in [2.24, 2.45) is 0 Å². The van der Waals surface area contributed by atoms with Crippen LogP contribution in [-0.4, -0.2) is 10.2 Å². The standard InChI is InChI=1S/C42H50O2/c1-39(2,3)31-21-25(22-32(37(31)43)40(4,5)6)35-27-17-13-15-19-29(27)36(30-20-16-14-18-28(30)35)26-23-33(41(7,8)9)38(44)34(24-26)42(10,11)12/h13-24,43-44H,1-12H3. The van der Waals surface area contributed by atoms with Gasteiger partial charge in [-0.3, -0.25) is 0 Å². The van der Waals surface area contributed by atoms with E-state index in [1.165, 1.54) is 32.7 Å². The van der Waals surface area contributed by atoms with E-state index in [1.807, 2.05) is 0 Å². The number of benzene rings is 5. The largest absolute Gasteiger partial charge is 0.507 e. The highest BCUT2D eigenvalue weighted by molar-refractivity contribution is 6.21. The third kappa shape index (κ3) is 5.49. The summed E-state index contributed by atoms with van der Waals surface area (Å²) in [6.45, 7) is 26.0. The fourth-order valence-electron chi connectivity index (χ4n) is 6.59. The molecular formula is C42H50O2. The number of rotatable bonds is 2. The lowest BCUT2D eigenvalue weighted by molar-refractivity contribution is 0.422. The molecule has 0 bridgehead atoms. The molecule has 0 unspecified atom stereocenters. The number of fused-ring (bicyclic) bond motifs is 2. The van der Waals surface area contributed by atoms with E-state index in [2.05, 4.69) is 156 Å². The number of phenols is 2. The Morgan fingerprint density at radius 2 is 0.568 bits per heavy atom. The quantitative estimate of drug-likeness (QED) is 0.202. The monoisotopic (exact) mass is 586 g/mol. The maximum atomic E-state index is 11.5. The summed E-state index contributed by atoms with van der Waals surface area (Å²) in [4.78, 5) is 0. The van der Waals surface area contributed by atoms with Gasteiger partial charge in [-0.15, -0.1) is 0 Å². The zero-order valence-electron chi connectivity index (χ0n) is 28.8. The number of hydrogen-bond donors (Lipinski definition) is 2. The molecule has 0 spiro atoms. The molecule has 5 aromatic rings. The van der Waals surface area contributed by atoms with Gasteiger partial charge in [-0.25, -0.2) is 0 Å². The van der Waals surface area contributed by atoms with Crippen molar-refractivity contribution in [3.8, 4) is 33.8 Å². The lowest BCUT2D eigenvalue weighted by atomic mass is 9.75. The maximum Gasteiger partial charge on any atom is 0.123 e. The molecule has 0 heterocycles. The summed E-state index contributed by atoms with van der Waals surface area (Å²) < 4.78 is 0. The SMILES string of the molecule is CC(C)(C)c1cc(-c2c3ccccc3c(-c3cc(C(C)(C)C)c(O)c(C(C)(C)C)c3)c3ccccc23)cc(C(C)(C)C)c1O. The van der Waals surface area contributed by atoms with E-state index in [-0.39, 0.29) is 21.7 Å². The molecule has 0 aromatic heterocycles. The summed E-state index contributed by atoms with van der Waals surface area (Å²) in [5.74, 6) is 0.792. The van der Waals surface area contributed by atoms with Gasteiger partial charge in [-0.1, -0.05) is 132 Å². The highest BCUT2D eigenvalue weighted by Crippen LogP contribution is 2.49. The minimum Gasteiger partial charge on any atom is -0.507 e. The van der Waals surface area contributed by atoms with Crippen LogP contribution in [-0.2, 0) is 21.7 Å². The molecule has 230 valence electrons. The van der Waals surface area contributed by atoms with Gasteiger partial charge in [-0.2, -0.15) is 0 Å². The first-order valence-corrected chi connectivity index (χ1v) is 15.9. The van der Waals surface area contributed by atoms with Gasteiger partial charge in [-0.05, 0) is 89.7 Å². The van der Waals surface area contributed by atoms with Crippen LogP contribution < -0.4 is 0 Å². The second-order valence-corrected chi connectivity index (χ2v) is 16.7. The molecule has 5 rings (SSSR count). The average Bonchev–Trinajstić information content (AvgIpc) is 2.89.